The molecule has 3 N–H and O–H groups in total. The summed E-state index contributed by atoms with van der Waals surface area (Å²) in [6.45, 7) is 0. The first-order valence-corrected chi connectivity index (χ1v) is 8.44. The molecule has 3 rings (SSSR count). The van der Waals surface area contributed by atoms with E-state index in [1.807, 2.05) is 0 Å². The maximum absolute atomic E-state index is 13.8. The highest BCUT2D eigenvalue weighted by Crippen LogP contribution is 2.23. The molecule has 2 amide bonds. The third kappa shape index (κ3) is 4.40. The lowest BCUT2D eigenvalue weighted by atomic mass is 10.0. The Labute approximate surface area is 163 Å². The number of rotatable bonds is 6. The summed E-state index contributed by atoms with van der Waals surface area (Å²) in [6.07, 6.45) is -0.141. The van der Waals surface area contributed by atoms with Gasteiger partial charge in [-0.1, -0.05) is 0 Å². The molecule has 9 heteroatoms. The van der Waals surface area contributed by atoms with Crippen molar-refractivity contribution in [3.05, 3.63) is 75.6 Å². The van der Waals surface area contributed by atoms with Crippen LogP contribution in [0.5, 0.6) is 5.75 Å². The number of methoxy groups -OCH3 is 1. The molecule has 1 atom stereocenters. The maximum atomic E-state index is 13.8. The first-order valence-electron chi connectivity index (χ1n) is 8.44. The molecule has 1 aromatic heterocycles. The van der Waals surface area contributed by atoms with E-state index in [2.05, 4.69) is 5.32 Å². The summed E-state index contributed by atoms with van der Waals surface area (Å²) in [7, 11) is 1.45. The van der Waals surface area contributed by atoms with Crippen LogP contribution < -0.4 is 21.4 Å². The zero-order valence-electron chi connectivity index (χ0n) is 15.2. The van der Waals surface area contributed by atoms with Crippen LogP contribution in [0.4, 0.5) is 8.78 Å². The van der Waals surface area contributed by atoms with Crippen LogP contribution >= 0.6 is 0 Å². The first-order chi connectivity index (χ1) is 13.8. The van der Waals surface area contributed by atoms with E-state index in [-0.39, 0.29) is 12.0 Å². The van der Waals surface area contributed by atoms with E-state index in [4.69, 9.17) is 14.9 Å². The third-order valence-corrected chi connectivity index (χ3v) is 4.29. The number of carbonyl (C=O) groups excluding carboxylic acids is 2. The zero-order valence-corrected chi connectivity index (χ0v) is 15.2. The number of hydrogen-bond donors (Lipinski definition) is 2. The molecule has 1 heterocycles. The second-order valence-corrected chi connectivity index (χ2v) is 6.21. The van der Waals surface area contributed by atoms with Crippen molar-refractivity contribution >= 4 is 22.8 Å². The van der Waals surface area contributed by atoms with E-state index in [0.717, 1.165) is 12.1 Å². The van der Waals surface area contributed by atoms with Crippen molar-refractivity contribution in [1.29, 1.82) is 0 Å². The molecule has 0 saturated carbocycles. The Bertz CT molecular complexity index is 1160. The Balaban J connectivity index is 1.92. The Morgan fingerprint density at radius 1 is 1.17 bits per heavy atom. The number of amides is 2. The van der Waals surface area contributed by atoms with Crippen LogP contribution in [0.15, 0.2) is 51.7 Å². The minimum atomic E-state index is -1.25. The number of carbonyl (C=O) groups is 2. The number of nitrogens with two attached hydrogens (primary N) is 1. The molecular formula is C20H16F2N2O5. The topological polar surface area (TPSA) is 112 Å². The molecule has 7 nitrogen and oxygen atoms in total. The first kappa shape index (κ1) is 20.0. The van der Waals surface area contributed by atoms with Crippen molar-refractivity contribution in [2.24, 2.45) is 5.73 Å². The minimum absolute atomic E-state index is 0.141. The molecule has 29 heavy (non-hydrogen) atoms. The van der Waals surface area contributed by atoms with Crippen LogP contribution in [-0.4, -0.2) is 25.0 Å². The highest BCUT2D eigenvalue weighted by molar-refractivity contribution is 5.97. The van der Waals surface area contributed by atoms with Crippen molar-refractivity contribution in [2.75, 3.05) is 7.11 Å². The fourth-order valence-electron chi connectivity index (χ4n) is 2.86. The fourth-order valence-corrected chi connectivity index (χ4v) is 2.86. The molecule has 0 aliphatic heterocycles. The van der Waals surface area contributed by atoms with Gasteiger partial charge in [-0.25, -0.2) is 13.6 Å². The molecule has 150 valence electrons. The van der Waals surface area contributed by atoms with E-state index < -0.39 is 40.7 Å². The number of primary amides is 1. The number of nitrogens with one attached hydrogen (secondary N) is 1. The Morgan fingerprint density at radius 3 is 2.59 bits per heavy atom. The van der Waals surface area contributed by atoms with Gasteiger partial charge in [-0.2, -0.15) is 0 Å². The van der Waals surface area contributed by atoms with Crippen LogP contribution in [0, 0.1) is 11.6 Å². The Kier molecular flexibility index (Phi) is 5.58. The van der Waals surface area contributed by atoms with E-state index in [1.54, 1.807) is 12.1 Å². The highest BCUT2D eigenvalue weighted by atomic mass is 19.1. The average Bonchev–Trinajstić information content (AvgIpc) is 2.66. The van der Waals surface area contributed by atoms with Crippen LogP contribution in [0.3, 0.4) is 0 Å². The lowest BCUT2D eigenvalue weighted by Gasteiger charge is -2.17. The van der Waals surface area contributed by atoms with Crippen LogP contribution in [0.2, 0.25) is 0 Å². The molecule has 2 aromatic carbocycles. The van der Waals surface area contributed by atoms with Crippen molar-refractivity contribution in [3.8, 4) is 5.75 Å². The van der Waals surface area contributed by atoms with E-state index in [9.17, 15) is 23.2 Å². The second kappa shape index (κ2) is 8.09. The second-order valence-electron chi connectivity index (χ2n) is 6.21. The summed E-state index contributed by atoms with van der Waals surface area (Å²) in [6, 6.07) is 7.12. The molecule has 0 bridgehead atoms. The smallest absolute Gasteiger partial charge is 0.336 e. The SMILES string of the molecule is COc1ccc2c(C[C@@H](NC(=O)c3ccc(F)cc3F)C(N)=O)cc(=O)oc2c1. The van der Waals surface area contributed by atoms with Crippen molar-refractivity contribution in [1.82, 2.24) is 5.32 Å². The van der Waals surface area contributed by atoms with Gasteiger partial charge in [-0.3, -0.25) is 9.59 Å². The summed E-state index contributed by atoms with van der Waals surface area (Å²) in [5.41, 5.74) is 4.88. The van der Waals surface area contributed by atoms with Gasteiger partial charge in [0, 0.05) is 30.0 Å². The third-order valence-electron chi connectivity index (χ3n) is 4.29. The van der Waals surface area contributed by atoms with Crippen molar-refractivity contribution in [2.45, 2.75) is 12.5 Å². The summed E-state index contributed by atoms with van der Waals surface area (Å²) in [5.74, 6) is -3.30. The lowest BCUT2D eigenvalue weighted by molar-refractivity contribution is -0.119. The number of halogens is 2. The fraction of sp³-hybridized carbons (Fsp3) is 0.150. The largest absolute Gasteiger partial charge is 0.497 e. The predicted molar refractivity (Wildman–Crippen MR) is 99.5 cm³/mol. The van der Waals surface area contributed by atoms with Crippen LogP contribution in [0.25, 0.3) is 11.0 Å². The van der Waals surface area contributed by atoms with Gasteiger partial charge in [0.05, 0.1) is 12.7 Å². The molecule has 0 unspecified atom stereocenters. The normalized spacial score (nSPS) is 11.8. The van der Waals surface area contributed by atoms with Gasteiger partial charge in [0.15, 0.2) is 0 Å². The van der Waals surface area contributed by atoms with Gasteiger partial charge in [0.2, 0.25) is 5.91 Å². The number of hydrogen-bond acceptors (Lipinski definition) is 5. The quantitative estimate of drug-likeness (QED) is 0.612. The average molecular weight is 402 g/mol. The molecule has 0 radical (unpaired) electrons. The molecule has 0 aliphatic rings. The minimum Gasteiger partial charge on any atom is -0.497 e. The van der Waals surface area contributed by atoms with Crippen LogP contribution in [0.1, 0.15) is 15.9 Å². The Hall–Kier alpha value is -3.75. The summed E-state index contributed by atoms with van der Waals surface area (Å²) in [5, 5.41) is 2.83. The number of fused-ring (bicyclic) bond motifs is 1. The van der Waals surface area contributed by atoms with E-state index >= 15 is 0 Å². The molecule has 0 aliphatic carbocycles. The van der Waals surface area contributed by atoms with E-state index in [1.165, 1.54) is 19.2 Å². The molecule has 0 fully saturated rings. The molecular weight excluding hydrogens is 386 g/mol. The standard InChI is InChI=1S/C20H16F2N2O5/c1-28-12-3-5-13-10(7-18(25)29-17(13)9-12)6-16(19(23)26)24-20(27)14-4-2-11(21)8-15(14)22/h2-5,7-9,16H,6H2,1H3,(H2,23,26)(H,24,27)/t16-/m1/s1. The Morgan fingerprint density at radius 2 is 1.93 bits per heavy atom. The van der Waals surface area contributed by atoms with Crippen molar-refractivity contribution < 1.29 is 27.5 Å². The van der Waals surface area contributed by atoms with E-state index in [0.29, 0.717) is 22.8 Å². The monoisotopic (exact) mass is 402 g/mol. The van der Waals surface area contributed by atoms with Crippen molar-refractivity contribution in [3.63, 3.8) is 0 Å². The summed E-state index contributed by atoms with van der Waals surface area (Å²) < 4.78 is 37.1. The molecule has 3 aromatic rings. The zero-order chi connectivity index (χ0) is 21.1. The number of ether oxygens (including phenoxy) is 1. The van der Waals surface area contributed by atoms with Gasteiger partial charge in [0.25, 0.3) is 5.91 Å². The van der Waals surface area contributed by atoms with Crippen LogP contribution in [-0.2, 0) is 11.2 Å². The predicted octanol–water partition coefficient (Wildman–Crippen LogP) is 1.91. The van der Waals surface area contributed by atoms with Gasteiger partial charge in [-0.15, -0.1) is 0 Å². The maximum Gasteiger partial charge on any atom is 0.336 e. The summed E-state index contributed by atoms with van der Waals surface area (Å²) >= 11 is 0. The van der Waals surface area contributed by atoms with Gasteiger partial charge >= 0.3 is 5.63 Å². The van der Waals surface area contributed by atoms with Gasteiger partial charge < -0.3 is 20.2 Å². The lowest BCUT2D eigenvalue weighted by Crippen LogP contribution is -2.46. The van der Waals surface area contributed by atoms with Gasteiger partial charge in [-0.05, 0) is 29.8 Å². The highest BCUT2D eigenvalue weighted by Gasteiger charge is 2.23. The summed E-state index contributed by atoms with van der Waals surface area (Å²) in [4.78, 5) is 36.1. The number of benzene rings is 2. The molecule has 0 saturated heterocycles. The van der Waals surface area contributed by atoms with Gasteiger partial charge in [0.1, 0.15) is 29.0 Å². The molecule has 0 spiro atoms.